The van der Waals surface area contributed by atoms with E-state index >= 15 is 0 Å². The molecular formula is C32H61N3O5SSi2. The molecule has 1 saturated carbocycles. The van der Waals surface area contributed by atoms with Gasteiger partial charge in [0.1, 0.15) is 0 Å². The summed E-state index contributed by atoms with van der Waals surface area (Å²) >= 11 is 0. The third-order valence-corrected chi connectivity index (χ3v) is 20.8. The molecule has 0 atom stereocenters. The van der Waals surface area contributed by atoms with Gasteiger partial charge in [-0.15, -0.1) is 0 Å². The van der Waals surface area contributed by atoms with E-state index in [0.717, 1.165) is 24.5 Å². The van der Waals surface area contributed by atoms with E-state index in [0.29, 0.717) is 38.9 Å². The minimum absolute atomic E-state index is 0.000290. The fourth-order valence-corrected chi connectivity index (χ4v) is 7.51. The van der Waals surface area contributed by atoms with Crippen molar-refractivity contribution in [2.24, 2.45) is 5.92 Å². The van der Waals surface area contributed by atoms with Crippen LogP contribution in [0, 0.1) is 5.92 Å². The summed E-state index contributed by atoms with van der Waals surface area (Å²) in [7, 11) is -7.01. The van der Waals surface area contributed by atoms with Crippen LogP contribution in [0.25, 0.3) is 0 Å². The summed E-state index contributed by atoms with van der Waals surface area (Å²) in [6.07, 6.45) is 2.69. The van der Waals surface area contributed by atoms with Crippen LogP contribution in [-0.2, 0) is 23.7 Å². The molecule has 1 aliphatic rings. The highest BCUT2D eigenvalue weighted by Crippen LogP contribution is 2.37. The number of carbonyl (C=O) groups is 1. The van der Waals surface area contributed by atoms with E-state index < -0.39 is 31.9 Å². The Balaban J connectivity index is 2.03. The maximum atomic E-state index is 13.0. The highest BCUT2D eigenvalue weighted by Gasteiger charge is 2.38. The first-order chi connectivity index (χ1) is 19.6. The lowest BCUT2D eigenvalue weighted by atomic mass is 9.86. The summed E-state index contributed by atoms with van der Waals surface area (Å²) < 4.78 is 40.2. The smallest absolute Gasteiger partial charge is 0.227 e. The third kappa shape index (κ3) is 11.3. The van der Waals surface area contributed by atoms with Gasteiger partial charge in [-0.3, -0.25) is 4.79 Å². The zero-order valence-electron chi connectivity index (χ0n) is 29.1. The van der Waals surface area contributed by atoms with Crippen LogP contribution in [0.4, 0.5) is 11.4 Å². The Kier molecular flexibility index (Phi) is 13.1. The van der Waals surface area contributed by atoms with Crippen LogP contribution >= 0.6 is 0 Å². The number of benzene rings is 1. The van der Waals surface area contributed by atoms with Gasteiger partial charge in [0.2, 0.25) is 15.9 Å². The molecule has 1 amide bonds. The van der Waals surface area contributed by atoms with E-state index in [4.69, 9.17) is 8.85 Å². The lowest BCUT2D eigenvalue weighted by Gasteiger charge is -2.38. The van der Waals surface area contributed by atoms with Gasteiger partial charge in [-0.05, 0) is 100 Å². The number of nitrogens with zero attached hydrogens (tertiary/aromatic N) is 1. The summed E-state index contributed by atoms with van der Waals surface area (Å²) in [6, 6.07) is 7.96. The molecule has 8 nitrogen and oxygen atoms in total. The van der Waals surface area contributed by atoms with E-state index in [2.05, 4.69) is 94.8 Å². The molecular weight excluding hydrogens is 595 g/mol. The zero-order chi connectivity index (χ0) is 32.9. The maximum Gasteiger partial charge on any atom is 0.227 e. The molecule has 0 unspecified atom stereocenters. The summed E-state index contributed by atoms with van der Waals surface area (Å²) in [4.78, 5) is 15.4. The molecule has 0 heterocycles. The van der Waals surface area contributed by atoms with Crippen LogP contribution in [0.3, 0.4) is 0 Å². The van der Waals surface area contributed by atoms with Gasteiger partial charge in [0, 0.05) is 36.4 Å². The fourth-order valence-electron chi connectivity index (χ4n) is 4.47. The maximum absolute atomic E-state index is 13.0. The van der Waals surface area contributed by atoms with E-state index in [1.165, 1.54) is 0 Å². The highest BCUT2D eigenvalue weighted by atomic mass is 32.2. The Labute approximate surface area is 265 Å². The number of hydrogen-bond donors (Lipinski definition) is 2. The average Bonchev–Trinajstić information content (AvgIpc) is 2.87. The molecule has 0 saturated heterocycles. The molecule has 0 bridgehead atoms. The Morgan fingerprint density at radius 3 is 1.70 bits per heavy atom. The van der Waals surface area contributed by atoms with Crippen molar-refractivity contribution in [2.75, 3.05) is 36.5 Å². The van der Waals surface area contributed by atoms with Crippen LogP contribution in [0.1, 0.15) is 81.1 Å². The molecule has 0 aliphatic heterocycles. The largest absolute Gasteiger partial charge is 0.415 e. The first kappa shape index (κ1) is 37.9. The van der Waals surface area contributed by atoms with Crippen molar-refractivity contribution in [3.05, 3.63) is 24.3 Å². The number of anilines is 2. The van der Waals surface area contributed by atoms with E-state index in [-0.39, 0.29) is 27.9 Å². The summed E-state index contributed by atoms with van der Waals surface area (Å²) in [6.45, 7) is 28.9. The monoisotopic (exact) mass is 655 g/mol. The van der Waals surface area contributed by atoms with Gasteiger partial charge >= 0.3 is 0 Å². The quantitative estimate of drug-likeness (QED) is 0.203. The fraction of sp³-hybridized carbons (Fsp3) is 0.781. The number of amides is 1. The van der Waals surface area contributed by atoms with Crippen molar-refractivity contribution < 1.29 is 22.1 Å². The van der Waals surface area contributed by atoms with Crippen molar-refractivity contribution in [1.29, 1.82) is 0 Å². The molecule has 1 aromatic rings. The molecule has 1 fully saturated rings. The molecule has 43 heavy (non-hydrogen) atoms. The van der Waals surface area contributed by atoms with Crippen LogP contribution in [0.15, 0.2) is 24.3 Å². The molecule has 1 aliphatic carbocycles. The Hall–Kier alpha value is -1.25. The second kappa shape index (κ2) is 14.9. The number of rotatable bonds is 14. The van der Waals surface area contributed by atoms with E-state index in [1.807, 2.05) is 12.1 Å². The van der Waals surface area contributed by atoms with Gasteiger partial charge in [0.05, 0.1) is 18.5 Å². The van der Waals surface area contributed by atoms with Crippen molar-refractivity contribution in [2.45, 2.75) is 129 Å². The molecule has 1 aromatic carbocycles. The standard InChI is InChI=1S/C32H61N3O5SSi2/c1-25(2)41(37,38)34-28-15-13-26(14-16-28)30(36)33-27-17-19-29(20-18-27)35(21-23-39-42(9,10)31(3,4)5)22-24-40-43(11,12)32(6,7)8/h17-20,25-26,28,34H,13-16,21-24H2,1-12H3,(H,33,36). The van der Waals surface area contributed by atoms with Crippen LogP contribution in [0.5, 0.6) is 0 Å². The second-order valence-corrected chi connectivity index (χ2v) is 27.4. The molecule has 0 aromatic heterocycles. The van der Waals surface area contributed by atoms with Gasteiger partial charge in [0.15, 0.2) is 16.6 Å². The Morgan fingerprint density at radius 2 is 1.30 bits per heavy atom. The first-order valence-electron chi connectivity index (χ1n) is 16.0. The van der Waals surface area contributed by atoms with Crippen molar-refractivity contribution in [3.63, 3.8) is 0 Å². The summed E-state index contributed by atoms with van der Waals surface area (Å²) in [5.74, 6) is -0.115. The summed E-state index contributed by atoms with van der Waals surface area (Å²) in [5, 5.41) is 2.94. The van der Waals surface area contributed by atoms with Gasteiger partial charge < -0.3 is 19.1 Å². The molecule has 11 heteroatoms. The molecule has 2 N–H and O–H groups in total. The normalized spacial score (nSPS) is 19.0. The van der Waals surface area contributed by atoms with Gasteiger partial charge in [-0.2, -0.15) is 0 Å². The van der Waals surface area contributed by atoms with Gasteiger partial charge in [-0.25, -0.2) is 13.1 Å². The number of nitrogens with one attached hydrogen (secondary N) is 2. The van der Waals surface area contributed by atoms with Gasteiger partial charge in [0.25, 0.3) is 0 Å². The number of sulfonamides is 1. The minimum Gasteiger partial charge on any atom is -0.415 e. The topological polar surface area (TPSA) is 97.0 Å². The van der Waals surface area contributed by atoms with Crippen LogP contribution in [0.2, 0.25) is 36.3 Å². The zero-order valence-corrected chi connectivity index (χ0v) is 31.9. The number of hydrogen-bond acceptors (Lipinski definition) is 6. The average molecular weight is 656 g/mol. The van der Waals surface area contributed by atoms with Crippen molar-refractivity contribution in [3.8, 4) is 0 Å². The predicted molar refractivity (Wildman–Crippen MR) is 187 cm³/mol. The number of carbonyl (C=O) groups excluding carboxylic acids is 1. The highest BCUT2D eigenvalue weighted by molar-refractivity contribution is 7.90. The van der Waals surface area contributed by atoms with E-state index in [9.17, 15) is 13.2 Å². The third-order valence-electron chi connectivity index (χ3n) is 9.81. The molecule has 0 radical (unpaired) electrons. The lowest BCUT2D eigenvalue weighted by Crippen LogP contribution is -2.44. The van der Waals surface area contributed by atoms with Crippen molar-refractivity contribution >= 4 is 43.9 Å². The van der Waals surface area contributed by atoms with Crippen molar-refractivity contribution in [1.82, 2.24) is 4.72 Å². The van der Waals surface area contributed by atoms with Gasteiger partial charge in [-0.1, -0.05) is 41.5 Å². The SMILES string of the molecule is CC(C)S(=O)(=O)NC1CCC(C(=O)Nc2ccc(N(CCO[Si](C)(C)C(C)(C)C)CCO[Si](C)(C)C(C)(C)C)cc2)CC1. The molecule has 248 valence electrons. The van der Waals surface area contributed by atoms with Crippen LogP contribution in [-0.4, -0.2) is 68.6 Å². The first-order valence-corrected chi connectivity index (χ1v) is 23.4. The lowest BCUT2D eigenvalue weighted by molar-refractivity contribution is -0.120. The molecule has 2 rings (SSSR count). The Bertz CT molecular complexity index is 1100. The van der Waals surface area contributed by atoms with E-state index in [1.54, 1.807) is 13.8 Å². The molecule has 0 spiro atoms. The predicted octanol–water partition coefficient (Wildman–Crippen LogP) is 7.36. The Morgan fingerprint density at radius 1 is 0.860 bits per heavy atom. The van der Waals surface area contributed by atoms with Crippen LogP contribution < -0.4 is 14.9 Å². The minimum atomic E-state index is -3.30. The second-order valence-electron chi connectivity index (χ2n) is 15.5. The summed E-state index contributed by atoms with van der Waals surface area (Å²) in [5.41, 5.74) is 1.85.